The molecule has 0 radical (unpaired) electrons. The van der Waals surface area contributed by atoms with Gasteiger partial charge in [-0.3, -0.25) is 14.4 Å². The topological polar surface area (TPSA) is 127 Å². The molecule has 166 valence electrons. The molecule has 2 aliphatic rings. The van der Waals surface area contributed by atoms with Crippen molar-refractivity contribution in [1.82, 2.24) is 9.62 Å². The van der Waals surface area contributed by atoms with E-state index in [1.807, 2.05) is 0 Å². The van der Waals surface area contributed by atoms with E-state index in [4.69, 9.17) is 5.73 Å². The standard InChI is InChI=1S/C20H35N3O5S/c1-29(27,28)22-14-18(24)23(16-10-6-3-7-11-16)17(19(25)20(21)26)13-12-15-8-4-2-5-9-15/h15-17,22H,2-14H2,1H3,(H2,21,26). The summed E-state index contributed by atoms with van der Waals surface area (Å²) in [7, 11) is -3.55. The molecule has 2 fully saturated rings. The summed E-state index contributed by atoms with van der Waals surface area (Å²) in [5.74, 6) is -1.77. The SMILES string of the molecule is CS(=O)(=O)NCC(=O)N(C1CCCCC1)C(CCC1CCCCC1)C(=O)C(N)=O. The Labute approximate surface area is 174 Å². The summed E-state index contributed by atoms with van der Waals surface area (Å²) in [4.78, 5) is 38.9. The lowest BCUT2D eigenvalue weighted by molar-refractivity contribution is -0.147. The zero-order valence-electron chi connectivity index (χ0n) is 17.4. The second kappa shape index (κ2) is 11.1. The van der Waals surface area contributed by atoms with Gasteiger partial charge in [-0.2, -0.15) is 0 Å². The fourth-order valence-electron chi connectivity index (χ4n) is 4.71. The van der Waals surface area contributed by atoms with Gasteiger partial charge in [0.2, 0.25) is 21.7 Å². The Kier molecular flexibility index (Phi) is 9.07. The van der Waals surface area contributed by atoms with Crippen molar-refractivity contribution in [3.8, 4) is 0 Å². The van der Waals surface area contributed by atoms with E-state index in [-0.39, 0.29) is 6.04 Å². The number of Topliss-reactive ketones (excluding diaryl/α,β-unsaturated/α-hetero) is 1. The van der Waals surface area contributed by atoms with Crippen molar-refractivity contribution in [3.05, 3.63) is 0 Å². The Balaban J connectivity index is 2.21. The number of hydrogen-bond donors (Lipinski definition) is 2. The van der Waals surface area contributed by atoms with E-state index in [1.165, 1.54) is 24.2 Å². The maximum absolute atomic E-state index is 13.0. The minimum Gasteiger partial charge on any atom is -0.363 e. The van der Waals surface area contributed by atoms with Crippen LogP contribution in [0.2, 0.25) is 0 Å². The fourth-order valence-corrected chi connectivity index (χ4v) is 5.09. The normalized spacial score (nSPS) is 20.2. The van der Waals surface area contributed by atoms with Gasteiger partial charge in [-0.05, 0) is 31.6 Å². The van der Waals surface area contributed by atoms with E-state index in [0.717, 1.165) is 57.6 Å². The van der Waals surface area contributed by atoms with Crippen molar-refractivity contribution < 1.29 is 22.8 Å². The van der Waals surface area contributed by atoms with E-state index in [1.54, 1.807) is 0 Å². The van der Waals surface area contributed by atoms with Crippen molar-refractivity contribution >= 4 is 27.6 Å². The summed E-state index contributed by atoms with van der Waals surface area (Å²) in [5.41, 5.74) is 5.32. The number of ketones is 1. The first-order valence-electron chi connectivity index (χ1n) is 10.8. The number of primary amides is 1. The van der Waals surface area contributed by atoms with Crippen LogP contribution in [-0.4, -0.2) is 55.8 Å². The first-order chi connectivity index (χ1) is 13.7. The molecule has 1 unspecified atom stereocenters. The van der Waals surface area contributed by atoms with Crippen molar-refractivity contribution in [2.24, 2.45) is 11.7 Å². The van der Waals surface area contributed by atoms with Crippen molar-refractivity contribution in [2.45, 2.75) is 89.1 Å². The molecule has 0 aromatic rings. The van der Waals surface area contributed by atoms with Crippen LogP contribution in [0.5, 0.6) is 0 Å². The Morgan fingerprint density at radius 1 is 1.00 bits per heavy atom. The lowest BCUT2D eigenvalue weighted by Gasteiger charge is -2.39. The lowest BCUT2D eigenvalue weighted by atomic mass is 9.84. The first-order valence-corrected chi connectivity index (χ1v) is 12.7. The molecule has 0 aliphatic heterocycles. The number of carbonyl (C=O) groups is 3. The zero-order valence-corrected chi connectivity index (χ0v) is 18.2. The molecule has 2 amide bonds. The molecule has 0 aromatic heterocycles. The Bertz CT molecular complexity index is 682. The molecule has 3 N–H and O–H groups in total. The molecule has 2 aliphatic carbocycles. The molecule has 9 heteroatoms. The molecule has 0 saturated heterocycles. The van der Waals surface area contributed by atoms with Gasteiger partial charge in [-0.25, -0.2) is 13.1 Å². The molecule has 8 nitrogen and oxygen atoms in total. The zero-order chi connectivity index (χ0) is 21.4. The van der Waals surface area contributed by atoms with E-state index in [2.05, 4.69) is 4.72 Å². The summed E-state index contributed by atoms with van der Waals surface area (Å²) >= 11 is 0. The van der Waals surface area contributed by atoms with Crippen molar-refractivity contribution in [2.75, 3.05) is 12.8 Å². The van der Waals surface area contributed by atoms with Crippen molar-refractivity contribution in [3.63, 3.8) is 0 Å². The van der Waals surface area contributed by atoms with E-state index in [9.17, 15) is 22.8 Å². The van der Waals surface area contributed by atoms with Gasteiger partial charge >= 0.3 is 0 Å². The molecule has 0 heterocycles. The molecular formula is C20H35N3O5S. The van der Waals surface area contributed by atoms with Gasteiger partial charge in [0.05, 0.1) is 12.8 Å². The second-order valence-corrected chi connectivity index (χ2v) is 10.3. The molecular weight excluding hydrogens is 394 g/mol. The van der Waals surface area contributed by atoms with Crippen LogP contribution in [0, 0.1) is 5.92 Å². The summed E-state index contributed by atoms with van der Waals surface area (Å²) < 4.78 is 25.1. The fraction of sp³-hybridized carbons (Fsp3) is 0.850. The number of carbonyl (C=O) groups excluding carboxylic acids is 3. The lowest BCUT2D eigenvalue weighted by Crippen LogP contribution is -2.56. The van der Waals surface area contributed by atoms with Crippen molar-refractivity contribution in [1.29, 1.82) is 0 Å². The number of nitrogens with one attached hydrogen (secondary N) is 1. The summed E-state index contributed by atoms with van der Waals surface area (Å²) in [6.07, 6.45) is 12.4. The molecule has 0 bridgehead atoms. The minimum atomic E-state index is -3.55. The highest BCUT2D eigenvalue weighted by molar-refractivity contribution is 7.88. The quantitative estimate of drug-likeness (QED) is 0.509. The van der Waals surface area contributed by atoms with Crippen LogP contribution in [0.25, 0.3) is 0 Å². The third kappa shape index (κ3) is 7.70. The van der Waals surface area contributed by atoms with Gasteiger partial charge in [-0.1, -0.05) is 51.4 Å². The predicted octanol–water partition coefficient (Wildman–Crippen LogP) is 1.48. The second-order valence-electron chi connectivity index (χ2n) is 8.51. The summed E-state index contributed by atoms with van der Waals surface area (Å²) in [6, 6.07) is -1.08. The number of rotatable bonds is 10. The number of amides is 2. The van der Waals surface area contributed by atoms with Gasteiger partial charge in [0, 0.05) is 6.04 Å². The van der Waals surface area contributed by atoms with Gasteiger partial charge < -0.3 is 10.6 Å². The summed E-state index contributed by atoms with van der Waals surface area (Å²) in [5, 5.41) is 0. The monoisotopic (exact) mass is 429 g/mol. The minimum absolute atomic E-state index is 0.169. The molecule has 29 heavy (non-hydrogen) atoms. The molecule has 0 spiro atoms. The van der Waals surface area contributed by atoms with E-state index in [0.29, 0.717) is 12.3 Å². The number of nitrogens with two attached hydrogens (primary N) is 1. The number of nitrogens with zero attached hydrogens (tertiary/aromatic N) is 1. The third-order valence-corrected chi connectivity index (χ3v) is 6.86. The maximum Gasteiger partial charge on any atom is 0.287 e. The number of sulfonamides is 1. The van der Waals surface area contributed by atoms with Gasteiger partial charge in [0.25, 0.3) is 5.91 Å². The smallest absolute Gasteiger partial charge is 0.287 e. The number of hydrogen-bond acceptors (Lipinski definition) is 5. The Hall–Kier alpha value is -1.48. The van der Waals surface area contributed by atoms with Crippen LogP contribution in [0.15, 0.2) is 0 Å². The molecule has 0 aromatic carbocycles. The molecule has 2 rings (SSSR count). The highest BCUT2D eigenvalue weighted by Crippen LogP contribution is 2.31. The van der Waals surface area contributed by atoms with Crippen LogP contribution < -0.4 is 10.5 Å². The average Bonchev–Trinajstić information content (AvgIpc) is 2.69. The van der Waals surface area contributed by atoms with Crippen LogP contribution in [0.3, 0.4) is 0 Å². The highest BCUT2D eigenvalue weighted by Gasteiger charge is 2.37. The van der Waals surface area contributed by atoms with Gasteiger partial charge in [0.15, 0.2) is 0 Å². The van der Waals surface area contributed by atoms with E-state index >= 15 is 0 Å². The molecule has 1 atom stereocenters. The van der Waals surface area contributed by atoms with Crippen LogP contribution in [-0.2, 0) is 24.4 Å². The predicted molar refractivity (Wildman–Crippen MR) is 110 cm³/mol. The third-order valence-electron chi connectivity index (χ3n) is 6.20. The van der Waals surface area contributed by atoms with Crippen LogP contribution >= 0.6 is 0 Å². The Morgan fingerprint density at radius 3 is 2.07 bits per heavy atom. The highest BCUT2D eigenvalue weighted by atomic mass is 32.2. The molecule has 2 saturated carbocycles. The van der Waals surface area contributed by atoms with Gasteiger partial charge in [0.1, 0.15) is 6.04 Å². The van der Waals surface area contributed by atoms with Gasteiger partial charge in [-0.15, -0.1) is 0 Å². The van der Waals surface area contributed by atoms with Crippen LogP contribution in [0.1, 0.15) is 77.0 Å². The Morgan fingerprint density at radius 2 is 1.55 bits per heavy atom. The maximum atomic E-state index is 13.0. The largest absolute Gasteiger partial charge is 0.363 e. The first kappa shape index (κ1) is 23.8. The summed E-state index contributed by atoms with van der Waals surface area (Å²) in [6.45, 7) is -0.415. The van der Waals surface area contributed by atoms with E-state index < -0.39 is 40.2 Å². The average molecular weight is 430 g/mol. The van der Waals surface area contributed by atoms with Crippen LogP contribution in [0.4, 0.5) is 0 Å².